The van der Waals surface area contributed by atoms with Crippen LogP contribution >= 0.6 is 11.7 Å². The van der Waals surface area contributed by atoms with Crippen molar-refractivity contribution >= 4 is 32.8 Å². The molecule has 0 aliphatic heterocycles. The first kappa shape index (κ1) is 13.9. The van der Waals surface area contributed by atoms with Gasteiger partial charge in [-0.05, 0) is 12.1 Å². The molecule has 0 radical (unpaired) electrons. The first-order valence-corrected chi connectivity index (χ1v) is 7.71. The Hall–Kier alpha value is -1.57. The zero-order valence-electron chi connectivity index (χ0n) is 10.2. The fourth-order valence-corrected chi connectivity index (χ4v) is 3.82. The van der Waals surface area contributed by atoms with Crippen molar-refractivity contribution in [2.75, 3.05) is 13.1 Å². The normalized spacial score (nSPS) is 11.8. The fraction of sp³-hybridized carbons (Fsp3) is 0.167. The van der Waals surface area contributed by atoms with E-state index in [1.165, 1.54) is 10.4 Å². The fourth-order valence-electron chi connectivity index (χ4n) is 1.69. The van der Waals surface area contributed by atoms with Crippen LogP contribution in [0.2, 0.25) is 0 Å². The van der Waals surface area contributed by atoms with Crippen molar-refractivity contribution in [3.05, 3.63) is 43.5 Å². The van der Waals surface area contributed by atoms with Crippen molar-refractivity contribution in [3.8, 4) is 0 Å². The van der Waals surface area contributed by atoms with E-state index in [1.54, 1.807) is 24.3 Å². The summed E-state index contributed by atoms with van der Waals surface area (Å²) >= 11 is 0.998. The van der Waals surface area contributed by atoms with Gasteiger partial charge in [0, 0.05) is 13.1 Å². The number of hydrogen-bond acceptors (Lipinski definition) is 5. The number of rotatable bonds is 6. The van der Waals surface area contributed by atoms with Crippen LogP contribution in [0, 0.1) is 0 Å². The summed E-state index contributed by atoms with van der Waals surface area (Å²) in [6, 6.07) is 4.94. The molecule has 19 heavy (non-hydrogen) atoms. The Labute approximate surface area is 116 Å². The average molecular weight is 295 g/mol. The second kappa shape index (κ2) is 5.60. The van der Waals surface area contributed by atoms with Crippen LogP contribution in [0.5, 0.6) is 0 Å². The van der Waals surface area contributed by atoms with Crippen molar-refractivity contribution in [3.63, 3.8) is 0 Å². The van der Waals surface area contributed by atoms with E-state index in [0.29, 0.717) is 11.0 Å². The van der Waals surface area contributed by atoms with Crippen molar-refractivity contribution in [2.24, 2.45) is 0 Å². The molecule has 100 valence electrons. The van der Waals surface area contributed by atoms with Crippen LogP contribution in [0.1, 0.15) is 0 Å². The van der Waals surface area contributed by atoms with Crippen LogP contribution in [0.3, 0.4) is 0 Å². The molecule has 0 aliphatic carbocycles. The Morgan fingerprint density at radius 3 is 2.53 bits per heavy atom. The van der Waals surface area contributed by atoms with Gasteiger partial charge in [0.25, 0.3) is 0 Å². The van der Waals surface area contributed by atoms with Crippen LogP contribution in [-0.4, -0.2) is 34.6 Å². The van der Waals surface area contributed by atoms with E-state index in [0.717, 1.165) is 11.7 Å². The molecule has 0 atom stereocenters. The maximum Gasteiger partial charge on any atom is 0.245 e. The molecule has 0 N–H and O–H groups in total. The summed E-state index contributed by atoms with van der Waals surface area (Å²) in [5.41, 5.74) is 0.994. The number of aromatic nitrogens is 2. The van der Waals surface area contributed by atoms with Gasteiger partial charge in [-0.15, -0.1) is 13.2 Å². The number of fused-ring (bicyclic) bond motifs is 1. The summed E-state index contributed by atoms with van der Waals surface area (Å²) in [4.78, 5) is 0.169. The lowest BCUT2D eigenvalue weighted by atomic mass is 10.3. The Morgan fingerprint density at radius 2 is 1.89 bits per heavy atom. The molecule has 0 aliphatic rings. The predicted octanol–water partition coefficient (Wildman–Crippen LogP) is 2.05. The third-order valence-corrected chi connectivity index (χ3v) is 4.94. The van der Waals surface area contributed by atoms with Crippen molar-refractivity contribution < 1.29 is 8.42 Å². The maximum atomic E-state index is 12.6. The van der Waals surface area contributed by atoms with Gasteiger partial charge in [0.05, 0.1) is 11.7 Å². The molecular weight excluding hydrogens is 282 g/mol. The lowest BCUT2D eigenvalue weighted by molar-refractivity contribution is 0.475. The number of hydrogen-bond donors (Lipinski definition) is 0. The first-order chi connectivity index (χ1) is 9.11. The summed E-state index contributed by atoms with van der Waals surface area (Å²) in [5.74, 6) is 0. The quantitative estimate of drug-likeness (QED) is 0.765. The van der Waals surface area contributed by atoms with Crippen molar-refractivity contribution in [1.82, 2.24) is 13.1 Å². The minimum absolute atomic E-state index is 0.169. The SMILES string of the molecule is C=CCN(CC=C)S(=O)(=O)c1cccc2nsnc12. The van der Waals surface area contributed by atoms with Gasteiger partial charge < -0.3 is 0 Å². The second-order valence-electron chi connectivity index (χ2n) is 3.79. The first-order valence-electron chi connectivity index (χ1n) is 5.54. The molecule has 2 rings (SSSR count). The summed E-state index contributed by atoms with van der Waals surface area (Å²) in [6.07, 6.45) is 3.08. The molecule has 0 bridgehead atoms. The molecule has 5 nitrogen and oxygen atoms in total. The van der Waals surface area contributed by atoms with E-state index in [2.05, 4.69) is 21.9 Å². The third kappa shape index (κ3) is 2.58. The van der Waals surface area contributed by atoms with E-state index in [1.807, 2.05) is 0 Å². The molecule has 0 saturated carbocycles. The lowest BCUT2D eigenvalue weighted by Crippen LogP contribution is -2.31. The zero-order valence-corrected chi connectivity index (χ0v) is 11.8. The molecule has 0 amide bonds. The minimum Gasteiger partial charge on any atom is -0.207 e. The molecule has 0 saturated heterocycles. The highest BCUT2D eigenvalue weighted by atomic mass is 32.2. The van der Waals surface area contributed by atoms with Gasteiger partial charge in [0.1, 0.15) is 15.9 Å². The van der Waals surface area contributed by atoms with E-state index in [4.69, 9.17) is 0 Å². The molecule has 2 aromatic rings. The molecule has 1 heterocycles. The molecule has 7 heteroatoms. The van der Waals surface area contributed by atoms with Crippen LogP contribution in [0.15, 0.2) is 48.4 Å². The Kier molecular flexibility index (Phi) is 4.08. The zero-order chi connectivity index (χ0) is 13.9. The highest BCUT2D eigenvalue weighted by Crippen LogP contribution is 2.24. The van der Waals surface area contributed by atoms with Crippen LogP contribution in [-0.2, 0) is 10.0 Å². The number of sulfonamides is 1. The summed E-state index contributed by atoms with van der Waals surface area (Å²) in [5, 5.41) is 0. The van der Waals surface area contributed by atoms with E-state index < -0.39 is 10.0 Å². The topological polar surface area (TPSA) is 63.2 Å². The van der Waals surface area contributed by atoms with Gasteiger partial charge in [-0.1, -0.05) is 18.2 Å². The van der Waals surface area contributed by atoms with E-state index in [9.17, 15) is 8.42 Å². The van der Waals surface area contributed by atoms with Gasteiger partial charge in [0.15, 0.2) is 0 Å². The summed E-state index contributed by atoms with van der Waals surface area (Å²) < 4.78 is 34.6. The van der Waals surface area contributed by atoms with Crippen molar-refractivity contribution in [2.45, 2.75) is 4.90 Å². The van der Waals surface area contributed by atoms with Gasteiger partial charge in [-0.3, -0.25) is 0 Å². The Bertz CT molecular complexity index is 697. The molecular formula is C12H13N3O2S2. The molecule has 0 fully saturated rings. The number of nitrogens with zero attached hydrogens (tertiary/aromatic N) is 3. The molecule has 1 aromatic carbocycles. The summed E-state index contributed by atoms with van der Waals surface area (Å²) in [6.45, 7) is 7.60. The lowest BCUT2D eigenvalue weighted by Gasteiger charge is -2.18. The van der Waals surface area contributed by atoms with Crippen LogP contribution in [0.25, 0.3) is 11.0 Å². The third-order valence-electron chi connectivity index (χ3n) is 2.53. The number of benzene rings is 1. The monoisotopic (exact) mass is 295 g/mol. The summed E-state index contributed by atoms with van der Waals surface area (Å²) in [7, 11) is -3.63. The van der Waals surface area contributed by atoms with Crippen LogP contribution < -0.4 is 0 Å². The van der Waals surface area contributed by atoms with Gasteiger partial charge >= 0.3 is 0 Å². The maximum absolute atomic E-state index is 12.6. The Balaban J connectivity index is 2.56. The van der Waals surface area contributed by atoms with E-state index >= 15 is 0 Å². The Morgan fingerprint density at radius 1 is 1.21 bits per heavy atom. The van der Waals surface area contributed by atoms with Crippen molar-refractivity contribution in [1.29, 1.82) is 0 Å². The van der Waals surface area contributed by atoms with Crippen LogP contribution in [0.4, 0.5) is 0 Å². The highest BCUT2D eigenvalue weighted by Gasteiger charge is 2.25. The van der Waals surface area contributed by atoms with Gasteiger partial charge in [-0.25, -0.2) is 8.42 Å². The largest absolute Gasteiger partial charge is 0.245 e. The second-order valence-corrected chi connectivity index (χ2v) is 6.22. The standard InChI is InChI=1S/C12H13N3O2S2/c1-3-8-15(9-4-2)19(16,17)11-7-5-6-10-12(11)14-18-13-10/h3-7H,1-2,8-9H2. The molecule has 1 aromatic heterocycles. The average Bonchev–Trinajstić information content (AvgIpc) is 2.86. The minimum atomic E-state index is -3.63. The molecule has 0 spiro atoms. The van der Waals surface area contributed by atoms with Gasteiger partial charge in [0.2, 0.25) is 10.0 Å². The van der Waals surface area contributed by atoms with E-state index in [-0.39, 0.29) is 18.0 Å². The molecule has 0 unspecified atom stereocenters. The predicted molar refractivity (Wildman–Crippen MR) is 76.6 cm³/mol. The van der Waals surface area contributed by atoms with Gasteiger partial charge in [-0.2, -0.15) is 13.1 Å². The highest BCUT2D eigenvalue weighted by molar-refractivity contribution is 7.89. The smallest absolute Gasteiger partial charge is 0.207 e.